The second kappa shape index (κ2) is 17.4. The molecule has 7 atom stereocenters. The summed E-state index contributed by atoms with van der Waals surface area (Å²) in [6.07, 6.45) is 5.99. The van der Waals surface area contributed by atoms with Crippen molar-refractivity contribution in [2.45, 2.75) is 103 Å². The monoisotopic (exact) mass is 655 g/mol. The lowest BCUT2D eigenvalue weighted by atomic mass is 9.90. The van der Waals surface area contributed by atoms with Gasteiger partial charge in [0, 0.05) is 56.9 Å². The van der Waals surface area contributed by atoms with Crippen LogP contribution in [0.5, 0.6) is 0 Å². The summed E-state index contributed by atoms with van der Waals surface area (Å²) < 4.78 is 11.9. The Morgan fingerprint density at radius 1 is 1.09 bits per heavy atom. The molecule has 1 aromatic heterocycles. The van der Waals surface area contributed by atoms with E-state index in [9.17, 15) is 14.4 Å². The van der Waals surface area contributed by atoms with Crippen molar-refractivity contribution in [1.29, 1.82) is 0 Å². The zero-order valence-electron chi connectivity index (χ0n) is 29.5. The summed E-state index contributed by atoms with van der Waals surface area (Å²) in [5.74, 6) is -0.793. The van der Waals surface area contributed by atoms with Gasteiger partial charge in [0.05, 0.1) is 37.2 Å². The van der Waals surface area contributed by atoms with Crippen molar-refractivity contribution in [2.75, 3.05) is 47.5 Å². The third-order valence-corrected chi connectivity index (χ3v) is 10.4. The van der Waals surface area contributed by atoms with Crippen LogP contribution in [0.25, 0.3) is 10.9 Å². The van der Waals surface area contributed by atoms with Crippen LogP contribution in [0.1, 0.15) is 71.8 Å². The van der Waals surface area contributed by atoms with Crippen LogP contribution in [0.4, 0.5) is 0 Å². The van der Waals surface area contributed by atoms with Gasteiger partial charge in [0.25, 0.3) is 5.91 Å². The predicted octanol–water partition coefficient (Wildman–Crippen LogP) is 4.16. The highest BCUT2D eigenvalue weighted by Crippen LogP contribution is 2.29. The maximum atomic E-state index is 14.0. The first-order valence-corrected chi connectivity index (χ1v) is 17.5. The largest absolute Gasteiger partial charge is 0.379 e. The molecule has 2 fully saturated rings. The van der Waals surface area contributed by atoms with Crippen molar-refractivity contribution in [3.8, 4) is 0 Å². The molecule has 2 aliphatic rings. The first kappa shape index (κ1) is 36.8. The molecule has 2 aliphatic heterocycles. The molecule has 47 heavy (non-hydrogen) atoms. The Hall–Kier alpha value is -2.99. The normalized spacial score (nSPS) is 21.0. The van der Waals surface area contributed by atoms with Gasteiger partial charge in [0.1, 0.15) is 6.04 Å². The number of hydroxylamine groups is 2. The molecule has 0 aliphatic carbocycles. The lowest BCUT2D eigenvalue weighted by Crippen LogP contribution is -2.55. The van der Waals surface area contributed by atoms with E-state index in [1.165, 1.54) is 5.06 Å². The van der Waals surface area contributed by atoms with E-state index in [1.54, 1.807) is 14.2 Å². The molecule has 2 N–H and O–H groups in total. The Morgan fingerprint density at radius 2 is 1.85 bits per heavy atom. The van der Waals surface area contributed by atoms with E-state index < -0.39 is 18.1 Å². The number of H-pyrrole nitrogens is 1. The summed E-state index contributed by atoms with van der Waals surface area (Å²) in [7, 11) is 5.37. The smallest absolute Gasteiger partial charge is 0.269 e. The zero-order chi connectivity index (χ0) is 34.1. The van der Waals surface area contributed by atoms with Crippen LogP contribution in [0.3, 0.4) is 0 Å². The predicted molar refractivity (Wildman–Crippen MR) is 182 cm³/mol. The van der Waals surface area contributed by atoms with Crippen LogP contribution in [0, 0.1) is 11.8 Å². The molecule has 0 radical (unpaired) electrons. The topological polar surface area (TPSA) is 116 Å². The van der Waals surface area contributed by atoms with Gasteiger partial charge in [-0.2, -0.15) is 0 Å². The van der Waals surface area contributed by atoms with Crippen LogP contribution in [-0.4, -0.2) is 115 Å². The number of likely N-dealkylation sites (N-methyl/N-ethyl adjacent to an activating group) is 1. The van der Waals surface area contributed by atoms with Crippen molar-refractivity contribution < 1.29 is 28.7 Å². The molecule has 0 bridgehead atoms. The Kier molecular flexibility index (Phi) is 13.7. The highest BCUT2D eigenvalue weighted by Gasteiger charge is 2.42. The molecular formula is C36H57N5O6. The number of hydrogen-bond donors (Lipinski definition) is 2. The van der Waals surface area contributed by atoms with Crippen molar-refractivity contribution in [3.05, 3.63) is 36.0 Å². The van der Waals surface area contributed by atoms with E-state index in [4.69, 9.17) is 14.3 Å². The first-order valence-electron chi connectivity index (χ1n) is 17.5. The Bertz CT molecular complexity index is 1300. The molecule has 262 valence electrons. The molecular weight excluding hydrogens is 598 g/mol. The summed E-state index contributed by atoms with van der Waals surface area (Å²) >= 11 is 0. The minimum absolute atomic E-state index is 0.0152. The van der Waals surface area contributed by atoms with Gasteiger partial charge in [0.2, 0.25) is 11.8 Å². The number of aromatic amines is 1. The van der Waals surface area contributed by atoms with E-state index in [-0.39, 0.29) is 42.3 Å². The number of para-hydroxylation sites is 1. The number of carbonyl (C=O) groups is 3. The molecule has 0 spiro atoms. The van der Waals surface area contributed by atoms with E-state index in [0.29, 0.717) is 32.0 Å². The van der Waals surface area contributed by atoms with Gasteiger partial charge in [-0.3, -0.25) is 19.2 Å². The zero-order valence-corrected chi connectivity index (χ0v) is 29.5. The van der Waals surface area contributed by atoms with Gasteiger partial charge in [-0.1, -0.05) is 52.3 Å². The number of fused-ring (bicyclic) bond motifs is 1. The molecule has 11 heteroatoms. The van der Waals surface area contributed by atoms with Gasteiger partial charge in [-0.05, 0) is 56.8 Å². The molecule has 1 aromatic carbocycles. The average molecular weight is 656 g/mol. The molecule has 0 saturated carbocycles. The lowest BCUT2D eigenvalue weighted by Gasteiger charge is -2.39. The standard InChI is InChI=1S/C36H57N5O6/c1-8-24(3)33(39(5)9-2)31(45-6)22-32(42)40-18-14-17-30(40)34(46-7)25(4)35(43)38-29(36(44)41-19-12-13-20-47-41)21-26-23-37-28-16-11-10-15-27(26)28/h10-11,15-16,23-25,29-31,33-34,37H,8-9,12-14,17-22H2,1-7H3,(H,38,43)/t24?,25?,29-,30?,31?,33-,34?/m0/s1. The number of nitrogens with one attached hydrogen (secondary N) is 2. The number of aromatic nitrogens is 1. The quantitative estimate of drug-likeness (QED) is 0.279. The number of carbonyl (C=O) groups excluding carboxylic acids is 3. The van der Waals surface area contributed by atoms with Crippen LogP contribution in [0.2, 0.25) is 0 Å². The van der Waals surface area contributed by atoms with E-state index in [2.05, 4.69) is 43.0 Å². The highest BCUT2D eigenvalue weighted by molar-refractivity contribution is 5.90. The number of hydrogen-bond acceptors (Lipinski definition) is 7. The number of rotatable bonds is 16. The first-order chi connectivity index (χ1) is 22.6. The molecule has 5 unspecified atom stereocenters. The number of likely N-dealkylation sites (tertiary alicyclic amines) is 1. The minimum Gasteiger partial charge on any atom is -0.379 e. The van der Waals surface area contributed by atoms with Crippen molar-refractivity contribution in [2.24, 2.45) is 11.8 Å². The van der Waals surface area contributed by atoms with Crippen LogP contribution < -0.4 is 5.32 Å². The Balaban J connectivity index is 1.50. The highest BCUT2D eigenvalue weighted by atomic mass is 16.7. The molecule has 11 nitrogen and oxygen atoms in total. The molecule has 2 aromatic rings. The molecule has 3 heterocycles. The second-order valence-corrected chi connectivity index (χ2v) is 13.3. The average Bonchev–Trinajstić information content (AvgIpc) is 3.75. The maximum absolute atomic E-state index is 14.0. The van der Waals surface area contributed by atoms with Gasteiger partial charge in [0.15, 0.2) is 0 Å². The number of nitrogens with zero attached hydrogens (tertiary/aromatic N) is 3. The number of methoxy groups -OCH3 is 2. The van der Waals surface area contributed by atoms with Crippen LogP contribution >= 0.6 is 0 Å². The third-order valence-electron chi connectivity index (χ3n) is 10.4. The summed E-state index contributed by atoms with van der Waals surface area (Å²) in [5.41, 5.74) is 1.91. The van der Waals surface area contributed by atoms with Crippen molar-refractivity contribution in [3.63, 3.8) is 0 Å². The number of amides is 3. The third kappa shape index (κ3) is 8.73. The fourth-order valence-corrected chi connectivity index (χ4v) is 7.43. The maximum Gasteiger partial charge on any atom is 0.269 e. The number of ether oxygens (including phenoxy) is 2. The van der Waals surface area contributed by atoms with Gasteiger partial charge >= 0.3 is 0 Å². The summed E-state index contributed by atoms with van der Waals surface area (Å²) in [6.45, 7) is 10.8. The van der Waals surface area contributed by atoms with Gasteiger partial charge < -0.3 is 29.6 Å². The van der Waals surface area contributed by atoms with Gasteiger partial charge in [-0.25, -0.2) is 5.06 Å². The summed E-state index contributed by atoms with van der Waals surface area (Å²) in [4.78, 5) is 54.7. The second-order valence-electron chi connectivity index (χ2n) is 13.3. The van der Waals surface area contributed by atoms with Crippen molar-refractivity contribution >= 4 is 28.6 Å². The molecule has 4 rings (SSSR count). The van der Waals surface area contributed by atoms with Crippen molar-refractivity contribution in [1.82, 2.24) is 25.2 Å². The van der Waals surface area contributed by atoms with E-state index >= 15 is 0 Å². The SMILES string of the molecule is CCC(C)[C@@H](C(CC(=O)N1CCCC1C(OC)C(C)C(=O)N[C@@H](Cc1c[nH]c2ccccc12)C(=O)N1CCCCO1)OC)N(C)CC. The molecule has 2 saturated heterocycles. The lowest BCUT2D eigenvalue weighted by molar-refractivity contribution is -0.199. The number of benzene rings is 1. The van der Waals surface area contributed by atoms with E-state index in [0.717, 1.165) is 55.1 Å². The summed E-state index contributed by atoms with van der Waals surface area (Å²) in [5, 5.41) is 5.47. The van der Waals surface area contributed by atoms with Crippen LogP contribution in [-0.2, 0) is 35.1 Å². The summed E-state index contributed by atoms with van der Waals surface area (Å²) in [6, 6.07) is 6.95. The molecule has 3 amide bonds. The Morgan fingerprint density at radius 3 is 2.51 bits per heavy atom. The fraction of sp³-hybridized carbons (Fsp3) is 0.694. The van der Waals surface area contributed by atoms with Gasteiger partial charge in [-0.15, -0.1) is 0 Å². The van der Waals surface area contributed by atoms with Crippen LogP contribution in [0.15, 0.2) is 30.5 Å². The fourth-order valence-electron chi connectivity index (χ4n) is 7.43. The Labute approximate surface area is 280 Å². The van der Waals surface area contributed by atoms with E-state index in [1.807, 2.05) is 42.3 Å². The minimum atomic E-state index is -0.823.